The summed E-state index contributed by atoms with van der Waals surface area (Å²) in [5, 5.41) is 6.77. The van der Waals surface area contributed by atoms with Crippen LogP contribution in [0.15, 0.2) is 17.5 Å². The molecule has 3 nitrogen and oxygen atoms in total. The van der Waals surface area contributed by atoms with E-state index in [1.165, 1.54) is 21.7 Å². The van der Waals surface area contributed by atoms with Crippen molar-refractivity contribution in [3.8, 4) is 10.4 Å². The Kier molecular flexibility index (Phi) is 2.90. The van der Waals surface area contributed by atoms with Crippen LogP contribution in [0.25, 0.3) is 16.1 Å². The number of rotatable bonds is 2. The summed E-state index contributed by atoms with van der Waals surface area (Å²) in [6.07, 6.45) is 0.994. The minimum absolute atomic E-state index is 0.979. The van der Waals surface area contributed by atoms with Gasteiger partial charge in [-0.05, 0) is 44.2 Å². The van der Waals surface area contributed by atoms with Crippen LogP contribution >= 0.6 is 11.3 Å². The molecule has 0 aromatic carbocycles. The average Bonchev–Trinajstić information content (AvgIpc) is 2.97. The van der Waals surface area contributed by atoms with E-state index >= 15 is 0 Å². The lowest BCUT2D eigenvalue weighted by atomic mass is 10.1. The largest absolute Gasteiger partial charge is 0.233 e. The molecule has 0 fully saturated rings. The van der Waals surface area contributed by atoms with Gasteiger partial charge in [0, 0.05) is 16.3 Å². The number of aromatic nitrogens is 3. The Morgan fingerprint density at radius 1 is 1.21 bits per heavy atom. The molecule has 0 N–H and O–H groups in total. The van der Waals surface area contributed by atoms with Gasteiger partial charge in [0.1, 0.15) is 0 Å². The SMILES string of the molecule is CCc1c(C)nc2c(-c3cccs3)c(C)nn2c1C. The van der Waals surface area contributed by atoms with Gasteiger partial charge in [-0.25, -0.2) is 9.50 Å². The van der Waals surface area contributed by atoms with Crippen LogP contribution in [0.2, 0.25) is 0 Å². The summed E-state index contributed by atoms with van der Waals surface area (Å²) in [6.45, 7) is 8.45. The molecule has 3 aromatic heterocycles. The van der Waals surface area contributed by atoms with Gasteiger partial charge in [-0.1, -0.05) is 13.0 Å². The Bertz CT molecular complexity index is 739. The van der Waals surface area contributed by atoms with Gasteiger partial charge in [-0.2, -0.15) is 5.10 Å². The Balaban J connectivity index is 2.40. The third kappa shape index (κ3) is 1.78. The first kappa shape index (κ1) is 12.4. The van der Waals surface area contributed by atoms with Gasteiger partial charge < -0.3 is 0 Å². The van der Waals surface area contributed by atoms with Gasteiger partial charge in [0.2, 0.25) is 0 Å². The van der Waals surface area contributed by atoms with Gasteiger partial charge in [-0.15, -0.1) is 11.3 Å². The highest BCUT2D eigenvalue weighted by molar-refractivity contribution is 7.13. The molecule has 98 valence electrons. The molecule has 3 heterocycles. The van der Waals surface area contributed by atoms with Crippen molar-refractivity contribution in [1.29, 1.82) is 0 Å². The maximum absolute atomic E-state index is 4.79. The molecular formula is C15H17N3S. The Hall–Kier alpha value is -1.68. The van der Waals surface area contributed by atoms with Crippen LogP contribution < -0.4 is 0 Å². The molecule has 0 aliphatic carbocycles. The van der Waals surface area contributed by atoms with E-state index in [2.05, 4.69) is 50.3 Å². The van der Waals surface area contributed by atoms with E-state index in [1.807, 2.05) is 4.52 Å². The lowest BCUT2D eigenvalue weighted by Gasteiger charge is -2.09. The minimum Gasteiger partial charge on any atom is -0.233 e. The molecule has 0 amide bonds. The monoisotopic (exact) mass is 271 g/mol. The van der Waals surface area contributed by atoms with Crippen LogP contribution in [0, 0.1) is 20.8 Å². The molecule has 0 radical (unpaired) electrons. The number of fused-ring (bicyclic) bond motifs is 1. The maximum atomic E-state index is 4.79. The molecule has 3 rings (SSSR count). The van der Waals surface area contributed by atoms with Crippen LogP contribution in [-0.4, -0.2) is 14.6 Å². The average molecular weight is 271 g/mol. The quantitative estimate of drug-likeness (QED) is 0.706. The van der Waals surface area contributed by atoms with Crippen LogP contribution in [0.5, 0.6) is 0 Å². The van der Waals surface area contributed by atoms with Crippen molar-refractivity contribution in [3.05, 3.63) is 40.2 Å². The molecule has 0 saturated heterocycles. The molecule has 0 spiro atoms. The van der Waals surface area contributed by atoms with E-state index < -0.39 is 0 Å². The number of hydrogen-bond donors (Lipinski definition) is 0. The van der Waals surface area contributed by atoms with Crippen LogP contribution in [0.1, 0.15) is 29.6 Å². The first-order valence-electron chi connectivity index (χ1n) is 6.52. The number of hydrogen-bond acceptors (Lipinski definition) is 3. The Morgan fingerprint density at radius 3 is 2.63 bits per heavy atom. The summed E-state index contributed by atoms with van der Waals surface area (Å²) < 4.78 is 2.00. The number of nitrogens with zero attached hydrogens (tertiary/aromatic N) is 3. The van der Waals surface area contributed by atoms with Gasteiger partial charge in [0.05, 0.1) is 11.3 Å². The molecule has 0 aliphatic heterocycles. The van der Waals surface area contributed by atoms with Crippen LogP contribution in [0.4, 0.5) is 0 Å². The highest BCUT2D eigenvalue weighted by atomic mass is 32.1. The third-order valence-corrected chi connectivity index (χ3v) is 4.51. The van der Waals surface area contributed by atoms with Crippen molar-refractivity contribution in [2.45, 2.75) is 34.1 Å². The highest BCUT2D eigenvalue weighted by Crippen LogP contribution is 2.32. The Morgan fingerprint density at radius 2 is 2.00 bits per heavy atom. The van der Waals surface area contributed by atoms with Crippen molar-refractivity contribution in [1.82, 2.24) is 14.6 Å². The normalized spacial score (nSPS) is 11.4. The zero-order valence-electron chi connectivity index (χ0n) is 11.7. The molecule has 4 heteroatoms. The third-order valence-electron chi connectivity index (χ3n) is 3.62. The number of aryl methyl sites for hydroxylation is 3. The molecule has 0 bridgehead atoms. The highest BCUT2D eigenvalue weighted by Gasteiger charge is 2.17. The standard InChI is InChI=1S/C15H17N3S/c1-5-12-9(2)16-15-14(13-7-6-8-19-13)10(3)17-18(15)11(12)4/h6-8H,5H2,1-4H3. The predicted octanol–water partition coefficient (Wildman–Crippen LogP) is 3.95. The van der Waals surface area contributed by atoms with Gasteiger partial charge in [0.25, 0.3) is 0 Å². The molecule has 0 saturated carbocycles. The van der Waals surface area contributed by atoms with Gasteiger partial charge in [-0.3, -0.25) is 0 Å². The van der Waals surface area contributed by atoms with E-state index in [-0.39, 0.29) is 0 Å². The second-order valence-electron chi connectivity index (χ2n) is 4.79. The number of thiophene rings is 1. The van der Waals surface area contributed by atoms with E-state index in [1.54, 1.807) is 11.3 Å². The minimum atomic E-state index is 0.979. The van der Waals surface area contributed by atoms with Crippen molar-refractivity contribution in [2.75, 3.05) is 0 Å². The van der Waals surface area contributed by atoms with Crippen molar-refractivity contribution in [2.24, 2.45) is 0 Å². The summed E-state index contributed by atoms with van der Waals surface area (Å²) in [4.78, 5) is 6.03. The zero-order valence-corrected chi connectivity index (χ0v) is 12.5. The fourth-order valence-electron chi connectivity index (χ4n) is 2.69. The first-order chi connectivity index (χ1) is 9.13. The summed E-state index contributed by atoms with van der Waals surface area (Å²) in [5.74, 6) is 0. The maximum Gasteiger partial charge on any atom is 0.164 e. The summed E-state index contributed by atoms with van der Waals surface area (Å²) >= 11 is 1.74. The molecule has 19 heavy (non-hydrogen) atoms. The van der Waals surface area contributed by atoms with Crippen molar-refractivity contribution in [3.63, 3.8) is 0 Å². The fraction of sp³-hybridized carbons (Fsp3) is 0.333. The second kappa shape index (κ2) is 4.46. The molecular weight excluding hydrogens is 254 g/mol. The smallest absolute Gasteiger partial charge is 0.164 e. The van der Waals surface area contributed by atoms with Crippen LogP contribution in [0.3, 0.4) is 0 Å². The molecule has 0 atom stereocenters. The van der Waals surface area contributed by atoms with Gasteiger partial charge >= 0.3 is 0 Å². The van der Waals surface area contributed by atoms with Crippen LogP contribution in [-0.2, 0) is 6.42 Å². The fourth-order valence-corrected chi connectivity index (χ4v) is 3.51. The lowest BCUT2D eigenvalue weighted by molar-refractivity contribution is 0.839. The second-order valence-corrected chi connectivity index (χ2v) is 5.74. The van der Waals surface area contributed by atoms with Crippen molar-refractivity contribution >= 4 is 17.0 Å². The van der Waals surface area contributed by atoms with E-state index in [0.29, 0.717) is 0 Å². The van der Waals surface area contributed by atoms with E-state index in [0.717, 1.165) is 23.5 Å². The summed E-state index contributed by atoms with van der Waals surface area (Å²) in [5.41, 5.74) is 6.82. The molecule has 0 unspecified atom stereocenters. The molecule has 0 aliphatic rings. The van der Waals surface area contributed by atoms with Gasteiger partial charge in [0.15, 0.2) is 5.65 Å². The lowest BCUT2D eigenvalue weighted by Crippen LogP contribution is -2.04. The molecule has 3 aromatic rings. The summed E-state index contributed by atoms with van der Waals surface area (Å²) in [6, 6.07) is 4.21. The zero-order chi connectivity index (χ0) is 13.6. The van der Waals surface area contributed by atoms with E-state index in [4.69, 9.17) is 4.98 Å². The van der Waals surface area contributed by atoms with Crippen molar-refractivity contribution < 1.29 is 0 Å². The Labute approximate surface area is 116 Å². The summed E-state index contributed by atoms with van der Waals surface area (Å²) in [7, 11) is 0. The topological polar surface area (TPSA) is 30.2 Å². The van der Waals surface area contributed by atoms with E-state index in [9.17, 15) is 0 Å². The predicted molar refractivity (Wildman–Crippen MR) is 79.9 cm³/mol. The first-order valence-corrected chi connectivity index (χ1v) is 7.40.